The summed E-state index contributed by atoms with van der Waals surface area (Å²) in [5.41, 5.74) is -1.88. The Morgan fingerprint density at radius 1 is 0.604 bits per heavy atom. The zero-order valence-corrected chi connectivity index (χ0v) is 64.5. The summed E-state index contributed by atoms with van der Waals surface area (Å²) in [5.74, 6) is -20.2. The molecular formula is C73H113ClF8N12O12. The standard InChI is InChI=1S/C73H113ClF8N12O12/c1-14-42(5)58-67(104)87(9)44(7)62(99)93-33-28-51(93)65(102)89(11)53(36-46-20-24-47(25-21-46)72(77,78)79)64(101)86(8)39-56(95)83-50(27-23-45-22-26-48(49(74)35-45)73(80,81)82)63(100)94-40-71(75,76)38-55(94)61(98)85-70(29-16-17-30-70)69(106)91(13)59(43(6)15-2)68(105)90(12)54(66(103)92-31-18-19-32-92)37-57(96)88(10)52(34-41(3)4)60(97)84-58/h41-55,58-59H,14-40H2,1-13H3,(H,83,95)(H,84,97)(H,85,98)/t42-,43-,44-,45?,46?,47?,48?,49?,50-,51-,52-,53-,54-,55-,58-,59-/m0/s1. The van der Waals surface area contributed by atoms with Crippen molar-refractivity contribution in [2.75, 3.05) is 75.0 Å². The van der Waals surface area contributed by atoms with Crippen LogP contribution in [0.2, 0.25) is 0 Å². The summed E-state index contributed by atoms with van der Waals surface area (Å²) in [6.07, 6.45) is -10.5. The normalized spacial score (nSPS) is 32.0. The zero-order valence-electron chi connectivity index (χ0n) is 63.7. The third kappa shape index (κ3) is 20.2. The number of likely N-dealkylation sites (tertiary alicyclic amines) is 1. The minimum absolute atomic E-state index is 0.00437. The second kappa shape index (κ2) is 35.8. The van der Waals surface area contributed by atoms with Gasteiger partial charge in [-0.15, -0.1) is 11.6 Å². The van der Waals surface area contributed by atoms with E-state index in [9.17, 15) is 55.1 Å². The lowest BCUT2D eigenvalue weighted by Gasteiger charge is -2.45. The Hall–Kier alpha value is -6.63. The van der Waals surface area contributed by atoms with Crippen LogP contribution in [-0.4, -0.2) is 274 Å². The van der Waals surface area contributed by atoms with E-state index in [0.717, 1.165) is 29.4 Å². The van der Waals surface area contributed by atoms with E-state index in [4.69, 9.17) is 11.6 Å². The Kier molecular flexibility index (Phi) is 29.3. The topological polar surface area (TPSA) is 270 Å². The van der Waals surface area contributed by atoms with Gasteiger partial charge in [0.15, 0.2) is 0 Å². The lowest BCUT2D eigenvalue weighted by atomic mass is 9.78. The molecule has 7 aliphatic rings. The number of rotatable bonds is 12. The van der Waals surface area contributed by atoms with Gasteiger partial charge in [0.1, 0.15) is 59.9 Å². The molecule has 14 atom stereocenters. The molecular weight excluding hydrogens is 1420 g/mol. The minimum Gasteiger partial charge on any atom is -0.343 e. The van der Waals surface area contributed by atoms with Crippen LogP contribution in [0.5, 0.6) is 0 Å². The van der Waals surface area contributed by atoms with E-state index in [2.05, 4.69) is 16.0 Å². The fourth-order valence-corrected chi connectivity index (χ4v) is 17.2. The summed E-state index contributed by atoms with van der Waals surface area (Å²) >= 11 is 6.34. The van der Waals surface area contributed by atoms with Crippen molar-refractivity contribution in [1.82, 2.24) is 60.0 Å². The van der Waals surface area contributed by atoms with Crippen molar-refractivity contribution in [3.8, 4) is 0 Å². The lowest BCUT2D eigenvalue weighted by molar-refractivity contribution is -0.184. The van der Waals surface area contributed by atoms with E-state index in [1.807, 2.05) is 13.8 Å². The maximum atomic E-state index is 16.2. The summed E-state index contributed by atoms with van der Waals surface area (Å²) in [5, 5.41) is 6.75. The summed E-state index contributed by atoms with van der Waals surface area (Å²) in [6, 6.07) is -13.4. The number of halogens is 9. The van der Waals surface area contributed by atoms with E-state index in [0.29, 0.717) is 50.1 Å². The number of hydrogen-bond acceptors (Lipinski definition) is 12. The van der Waals surface area contributed by atoms with Crippen molar-refractivity contribution in [3.05, 3.63) is 0 Å². The van der Waals surface area contributed by atoms with Crippen LogP contribution < -0.4 is 16.0 Å². The molecule has 3 unspecified atom stereocenters. The average Bonchev–Trinajstić information content (AvgIpc) is 1.51. The van der Waals surface area contributed by atoms with Gasteiger partial charge >= 0.3 is 12.4 Å². The first-order valence-electron chi connectivity index (χ1n) is 37.9. The number of nitrogens with one attached hydrogen (secondary N) is 3. The third-order valence-corrected chi connectivity index (χ3v) is 24.7. The van der Waals surface area contributed by atoms with Gasteiger partial charge in [0.25, 0.3) is 5.92 Å². The summed E-state index contributed by atoms with van der Waals surface area (Å²) < 4.78 is 116. The molecule has 1 spiro atoms. The highest BCUT2D eigenvalue weighted by Gasteiger charge is 2.56. The smallest absolute Gasteiger partial charge is 0.343 e. The minimum atomic E-state index is -4.63. The second-order valence-corrected chi connectivity index (χ2v) is 32.5. The Morgan fingerprint density at radius 2 is 1.21 bits per heavy atom. The van der Waals surface area contributed by atoms with Crippen molar-refractivity contribution in [3.63, 3.8) is 0 Å². The summed E-state index contributed by atoms with van der Waals surface area (Å²) in [4.78, 5) is 190. The number of carbonyl (C=O) groups excluding carboxylic acids is 12. The number of alkyl halides is 9. The predicted molar refractivity (Wildman–Crippen MR) is 375 cm³/mol. The van der Waals surface area contributed by atoms with Crippen LogP contribution in [-0.2, 0) is 57.5 Å². The van der Waals surface area contributed by atoms with Gasteiger partial charge in [-0.2, -0.15) is 26.3 Å². The molecule has 12 amide bonds. The first kappa shape index (κ1) is 86.6. The first-order valence-corrected chi connectivity index (χ1v) is 38.4. The third-order valence-electron chi connectivity index (χ3n) is 24.2. The molecule has 4 heterocycles. The second-order valence-electron chi connectivity index (χ2n) is 31.9. The van der Waals surface area contributed by atoms with Crippen LogP contribution in [0, 0.1) is 41.4 Å². The summed E-state index contributed by atoms with van der Waals surface area (Å²) in [6.45, 7) is 10.3. The van der Waals surface area contributed by atoms with Crippen molar-refractivity contribution in [1.29, 1.82) is 0 Å². The fourth-order valence-electron chi connectivity index (χ4n) is 16.7. The van der Waals surface area contributed by atoms with E-state index in [1.54, 1.807) is 27.7 Å². The molecule has 7 fully saturated rings. The number of hydrogen-bond donors (Lipinski definition) is 3. The molecule has 0 bridgehead atoms. The molecule has 4 saturated heterocycles. The van der Waals surface area contributed by atoms with Crippen molar-refractivity contribution < 1.29 is 92.7 Å². The van der Waals surface area contributed by atoms with Crippen LogP contribution in [0.15, 0.2) is 0 Å². The van der Waals surface area contributed by atoms with E-state index < -0.39 is 222 Å². The van der Waals surface area contributed by atoms with Crippen LogP contribution in [0.25, 0.3) is 0 Å². The van der Waals surface area contributed by atoms with E-state index >= 15 is 37.5 Å². The molecule has 106 heavy (non-hydrogen) atoms. The van der Waals surface area contributed by atoms with Gasteiger partial charge in [0.2, 0.25) is 70.9 Å². The highest BCUT2D eigenvalue weighted by atomic mass is 35.5. The molecule has 3 saturated carbocycles. The quantitative estimate of drug-likeness (QED) is 0.130. The molecule has 0 aromatic rings. The molecule has 600 valence electrons. The van der Waals surface area contributed by atoms with Gasteiger partial charge in [0.05, 0.1) is 31.3 Å². The number of amides is 12. The van der Waals surface area contributed by atoms with Crippen LogP contribution in [0.4, 0.5) is 35.1 Å². The van der Waals surface area contributed by atoms with Crippen LogP contribution in [0.1, 0.15) is 190 Å². The lowest BCUT2D eigenvalue weighted by Crippen LogP contribution is -2.65. The van der Waals surface area contributed by atoms with Crippen molar-refractivity contribution in [2.24, 2.45) is 41.4 Å². The SMILES string of the molecule is CC[C@H](C)[C@@H]1NC(=O)[C@H](CC(C)C)N(C)C(=O)C[C@@H](C(=O)N2CCCC2)N(C)C(=O)[C@H]([C@@H](C)CC)N(C)C(=O)C2(CCCC2)NC(=O)[C@@H]2CC(F)(F)CN2C(=O)[C@H](CCC2CCC(C(F)(F)F)C(Cl)C2)NC(=O)CN(C)C(=O)[C@H](CC2CCC(C(F)(F)F)CC2)N(C)C(=O)[C@@H]2CCN2C(=O)[C@H](C)N(C)C1=O. The van der Waals surface area contributed by atoms with Crippen molar-refractivity contribution in [2.45, 2.75) is 273 Å². The fraction of sp³-hybridized carbons (Fsp3) is 0.836. The Morgan fingerprint density at radius 3 is 1.75 bits per heavy atom. The van der Waals surface area contributed by atoms with Gasteiger partial charge in [-0.1, -0.05) is 67.2 Å². The van der Waals surface area contributed by atoms with Gasteiger partial charge < -0.3 is 60.0 Å². The molecule has 3 aliphatic carbocycles. The maximum Gasteiger partial charge on any atom is 0.393 e. The zero-order chi connectivity index (χ0) is 79.2. The van der Waals surface area contributed by atoms with Gasteiger partial charge in [-0.25, -0.2) is 8.78 Å². The number of fused-ring (bicyclic) bond motifs is 2. The molecule has 24 nitrogen and oxygen atoms in total. The maximum absolute atomic E-state index is 16.2. The van der Waals surface area contributed by atoms with Gasteiger partial charge in [-0.05, 0) is 139 Å². The highest BCUT2D eigenvalue weighted by molar-refractivity contribution is 6.21. The molecule has 0 aromatic carbocycles. The molecule has 3 N–H and O–H groups in total. The van der Waals surface area contributed by atoms with Gasteiger partial charge in [0, 0.05) is 73.7 Å². The first-order chi connectivity index (χ1) is 49.4. The molecule has 0 radical (unpaired) electrons. The van der Waals surface area contributed by atoms with Crippen LogP contribution in [0.3, 0.4) is 0 Å². The number of likely N-dealkylation sites (N-methyl/N-ethyl adjacent to an activating group) is 6. The van der Waals surface area contributed by atoms with Crippen LogP contribution >= 0.6 is 11.6 Å². The summed E-state index contributed by atoms with van der Waals surface area (Å²) in [7, 11) is 7.82. The Balaban J connectivity index is 1.31. The van der Waals surface area contributed by atoms with Crippen molar-refractivity contribution >= 4 is 82.5 Å². The number of nitrogens with zero attached hydrogens (tertiary/aromatic N) is 9. The average molecular weight is 1540 g/mol. The van der Waals surface area contributed by atoms with E-state index in [1.165, 1.54) is 59.0 Å². The highest BCUT2D eigenvalue weighted by Crippen LogP contribution is 2.45. The largest absolute Gasteiger partial charge is 0.393 e. The predicted octanol–water partition coefficient (Wildman–Crippen LogP) is 7.12. The molecule has 0 aromatic heterocycles. The number of carbonyl (C=O) groups is 12. The van der Waals surface area contributed by atoms with E-state index in [-0.39, 0.29) is 102 Å². The Labute approximate surface area is 622 Å². The van der Waals surface area contributed by atoms with Gasteiger partial charge in [-0.3, -0.25) is 57.5 Å². The molecule has 33 heteroatoms. The monoisotopic (exact) mass is 1540 g/mol. The molecule has 7 rings (SSSR count). The Bertz CT molecular complexity index is 3190. The molecule has 4 aliphatic heterocycles.